The van der Waals surface area contributed by atoms with Gasteiger partial charge in [0.25, 0.3) is 0 Å². The van der Waals surface area contributed by atoms with Crippen LogP contribution in [0.5, 0.6) is 0 Å². The van der Waals surface area contributed by atoms with E-state index in [4.69, 9.17) is 22.5 Å². The monoisotopic (exact) mass is 346 g/mol. The van der Waals surface area contributed by atoms with Gasteiger partial charge in [-0.2, -0.15) is 0 Å². The lowest BCUT2D eigenvalue weighted by molar-refractivity contribution is 0.869. The van der Waals surface area contributed by atoms with E-state index in [0.717, 1.165) is 33.4 Å². The van der Waals surface area contributed by atoms with Crippen molar-refractivity contribution in [1.29, 1.82) is 10.9 Å². The standard InChI is InChI=1S/C20H15ClN4/c21-15-8-5-13(6-9-15)12-25-18-4-2-1-3-16(18)17-11-14(20(22)24-23)7-10-19(17)25/h1-11,22-23H,12H2. The fourth-order valence-electron chi connectivity index (χ4n) is 3.21. The summed E-state index contributed by atoms with van der Waals surface area (Å²) in [5, 5.41) is 14.0. The van der Waals surface area contributed by atoms with Gasteiger partial charge >= 0.3 is 0 Å². The molecule has 0 radical (unpaired) electrons. The molecule has 0 saturated heterocycles. The first-order chi connectivity index (χ1) is 12.2. The van der Waals surface area contributed by atoms with E-state index in [-0.39, 0.29) is 5.84 Å². The van der Waals surface area contributed by atoms with Gasteiger partial charge in [-0.1, -0.05) is 41.9 Å². The minimum absolute atomic E-state index is 0.0311. The molecule has 0 fully saturated rings. The third-order valence-corrected chi connectivity index (χ3v) is 4.66. The summed E-state index contributed by atoms with van der Waals surface area (Å²) < 4.78 is 2.26. The van der Waals surface area contributed by atoms with Crippen molar-refractivity contribution in [3.05, 3.63) is 82.9 Å². The van der Waals surface area contributed by atoms with Crippen LogP contribution in [0.2, 0.25) is 5.02 Å². The second kappa shape index (κ2) is 6.15. The van der Waals surface area contributed by atoms with Crippen molar-refractivity contribution in [2.24, 2.45) is 5.11 Å². The van der Waals surface area contributed by atoms with E-state index in [1.807, 2.05) is 54.6 Å². The Morgan fingerprint density at radius 2 is 1.64 bits per heavy atom. The number of fused-ring (bicyclic) bond motifs is 3. The van der Waals surface area contributed by atoms with Crippen molar-refractivity contribution in [2.75, 3.05) is 0 Å². The molecule has 4 nitrogen and oxygen atoms in total. The van der Waals surface area contributed by atoms with Crippen molar-refractivity contribution in [1.82, 2.24) is 4.57 Å². The Labute approximate surface area is 149 Å². The molecule has 0 aliphatic heterocycles. The molecule has 0 spiro atoms. The lowest BCUT2D eigenvalue weighted by Crippen LogP contribution is -1.99. The predicted molar refractivity (Wildman–Crippen MR) is 102 cm³/mol. The van der Waals surface area contributed by atoms with Gasteiger partial charge in [0.1, 0.15) is 0 Å². The van der Waals surface area contributed by atoms with Crippen LogP contribution in [0.15, 0.2) is 71.8 Å². The Morgan fingerprint density at radius 1 is 0.920 bits per heavy atom. The van der Waals surface area contributed by atoms with E-state index < -0.39 is 0 Å². The Bertz CT molecular complexity index is 1110. The Balaban J connectivity index is 1.94. The lowest BCUT2D eigenvalue weighted by Gasteiger charge is -2.08. The number of benzene rings is 3. The van der Waals surface area contributed by atoms with E-state index in [0.29, 0.717) is 5.56 Å². The molecule has 0 aliphatic rings. The van der Waals surface area contributed by atoms with Crippen LogP contribution in [0.3, 0.4) is 0 Å². The minimum Gasteiger partial charge on any atom is -0.336 e. The molecule has 2 N–H and O–H groups in total. The maximum atomic E-state index is 7.79. The minimum atomic E-state index is -0.0311. The van der Waals surface area contributed by atoms with Crippen molar-refractivity contribution in [2.45, 2.75) is 6.54 Å². The molecule has 122 valence electrons. The van der Waals surface area contributed by atoms with Crippen LogP contribution in [0.1, 0.15) is 11.1 Å². The Kier molecular flexibility index (Phi) is 3.82. The van der Waals surface area contributed by atoms with Crippen LogP contribution < -0.4 is 0 Å². The summed E-state index contributed by atoms with van der Waals surface area (Å²) in [6.45, 7) is 0.737. The molecular formula is C20H15ClN4. The van der Waals surface area contributed by atoms with Gasteiger partial charge in [-0.3, -0.25) is 5.41 Å². The van der Waals surface area contributed by atoms with Gasteiger partial charge in [0.2, 0.25) is 0 Å². The highest BCUT2D eigenvalue weighted by Crippen LogP contribution is 2.30. The second-order valence-electron chi connectivity index (χ2n) is 5.92. The average molecular weight is 347 g/mol. The predicted octanol–water partition coefficient (Wildman–Crippen LogP) is 5.85. The van der Waals surface area contributed by atoms with Gasteiger partial charge in [-0.05, 0) is 42.0 Å². The van der Waals surface area contributed by atoms with Crippen LogP contribution in [-0.2, 0) is 6.54 Å². The number of amidine groups is 1. The second-order valence-corrected chi connectivity index (χ2v) is 6.36. The van der Waals surface area contributed by atoms with Crippen molar-refractivity contribution in [3.8, 4) is 0 Å². The molecule has 0 amide bonds. The highest BCUT2D eigenvalue weighted by atomic mass is 35.5. The zero-order valence-electron chi connectivity index (χ0n) is 13.3. The molecule has 1 aromatic heterocycles. The third kappa shape index (κ3) is 2.71. The van der Waals surface area contributed by atoms with Gasteiger partial charge in [0.15, 0.2) is 5.84 Å². The summed E-state index contributed by atoms with van der Waals surface area (Å²) in [5.41, 5.74) is 11.1. The van der Waals surface area contributed by atoms with Crippen LogP contribution in [0, 0.1) is 10.9 Å². The van der Waals surface area contributed by atoms with Crippen LogP contribution >= 0.6 is 11.6 Å². The summed E-state index contributed by atoms with van der Waals surface area (Å²) in [4.78, 5) is 0. The molecule has 5 heteroatoms. The van der Waals surface area contributed by atoms with Crippen LogP contribution in [-0.4, -0.2) is 10.4 Å². The number of hydrogen-bond acceptors (Lipinski definition) is 2. The highest BCUT2D eigenvalue weighted by Gasteiger charge is 2.12. The maximum Gasteiger partial charge on any atom is 0.173 e. The maximum absolute atomic E-state index is 7.79. The fourth-order valence-corrected chi connectivity index (χ4v) is 3.33. The van der Waals surface area contributed by atoms with Gasteiger partial charge in [0, 0.05) is 38.9 Å². The first-order valence-corrected chi connectivity index (χ1v) is 8.27. The molecule has 0 saturated carbocycles. The SMILES string of the molecule is N=NC(=N)c1ccc2c(c1)c1ccccc1n2Cc1ccc(Cl)cc1. The van der Waals surface area contributed by atoms with E-state index in [9.17, 15) is 0 Å². The molecule has 0 atom stereocenters. The average Bonchev–Trinajstić information content (AvgIpc) is 2.96. The molecular weight excluding hydrogens is 332 g/mol. The van der Waals surface area contributed by atoms with Crippen LogP contribution in [0.4, 0.5) is 0 Å². The van der Waals surface area contributed by atoms with Gasteiger partial charge < -0.3 is 4.57 Å². The quantitative estimate of drug-likeness (QED) is 0.265. The Morgan fingerprint density at radius 3 is 2.40 bits per heavy atom. The number of halogens is 1. The zero-order valence-corrected chi connectivity index (χ0v) is 14.1. The van der Waals surface area contributed by atoms with Gasteiger partial charge in [-0.15, -0.1) is 5.11 Å². The first-order valence-electron chi connectivity index (χ1n) is 7.89. The molecule has 1 heterocycles. The largest absolute Gasteiger partial charge is 0.336 e. The number of hydrogen-bond donors (Lipinski definition) is 2. The van der Waals surface area contributed by atoms with Crippen LogP contribution in [0.25, 0.3) is 21.8 Å². The summed E-state index contributed by atoms with van der Waals surface area (Å²) in [7, 11) is 0. The zero-order chi connectivity index (χ0) is 17.4. The van der Waals surface area contributed by atoms with Crippen molar-refractivity contribution >= 4 is 39.2 Å². The lowest BCUT2D eigenvalue weighted by atomic mass is 10.1. The highest BCUT2D eigenvalue weighted by molar-refractivity contribution is 6.30. The Hall–Kier alpha value is -2.98. The summed E-state index contributed by atoms with van der Waals surface area (Å²) in [6, 6.07) is 21.9. The number of nitrogens with zero attached hydrogens (tertiary/aromatic N) is 2. The fraction of sp³-hybridized carbons (Fsp3) is 0.0500. The number of nitrogens with one attached hydrogen (secondary N) is 2. The molecule has 0 unspecified atom stereocenters. The van der Waals surface area contributed by atoms with E-state index >= 15 is 0 Å². The summed E-state index contributed by atoms with van der Waals surface area (Å²) in [6.07, 6.45) is 0. The van der Waals surface area contributed by atoms with Gasteiger partial charge in [-0.25, -0.2) is 5.53 Å². The number of para-hydroxylation sites is 1. The normalized spacial score (nSPS) is 11.1. The molecule has 4 rings (SSSR count). The molecule has 4 aromatic rings. The summed E-state index contributed by atoms with van der Waals surface area (Å²) >= 11 is 5.99. The smallest absolute Gasteiger partial charge is 0.173 e. The molecule has 0 bridgehead atoms. The molecule has 25 heavy (non-hydrogen) atoms. The molecule has 3 aromatic carbocycles. The van der Waals surface area contributed by atoms with E-state index in [1.165, 1.54) is 5.56 Å². The van der Waals surface area contributed by atoms with E-state index in [1.54, 1.807) is 0 Å². The first kappa shape index (κ1) is 15.5. The molecule has 0 aliphatic carbocycles. The number of aromatic nitrogens is 1. The summed E-state index contributed by atoms with van der Waals surface area (Å²) in [5.74, 6) is -0.0311. The van der Waals surface area contributed by atoms with E-state index in [2.05, 4.69) is 21.8 Å². The topological polar surface area (TPSA) is 65.0 Å². The van der Waals surface area contributed by atoms with Crippen molar-refractivity contribution in [3.63, 3.8) is 0 Å². The third-order valence-electron chi connectivity index (χ3n) is 4.41. The van der Waals surface area contributed by atoms with Gasteiger partial charge in [0.05, 0.1) is 0 Å². The number of rotatable bonds is 3. The van der Waals surface area contributed by atoms with Crippen molar-refractivity contribution < 1.29 is 0 Å².